The van der Waals surface area contributed by atoms with Gasteiger partial charge in [0.15, 0.2) is 0 Å². The van der Waals surface area contributed by atoms with E-state index in [0.717, 1.165) is 12.2 Å². The van der Waals surface area contributed by atoms with E-state index in [0.29, 0.717) is 17.7 Å². The summed E-state index contributed by atoms with van der Waals surface area (Å²) in [7, 11) is 4.06. The van der Waals surface area contributed by atoms with E-state index in [9.17, 15) is 10.1 Å². The van der Waals surface area contributed by atoms with E-state index in [1.807, 2.05) is 14.1 Å². The van der Waals surface area contributed by atoms with Crippen LogP contribution in [-0.4, -0.2) is 41.0 Å². The molecule has 0 aromatic carbocycles. The molecule has 1 heterocycles. The van der Waals surface area contributed by atoms with E-state index < -0.39 is 0 Å². The number of nitrogens with zero attached hydrogens (tertiary/aromatic N) is 3. The number of hydrogen-bond acceptors (Lipinski definition) is 5. The summed E-state index contributed by atoms with van der Waals surface area (Å²) >= 11 is 0. The van der Waals surface area contributed by atoms with Crippen LogP contribution in [0, 0.1) is 24.0 Å². The number of pyridine rings is 1. The summed E-state index contributed by atoms with van der Waals surface area (Å²) in [5, 5.41) is 14.4. The molecule has 0 aliphatic carbocycles. The second-order valence-corrected chi connectivity index (χ2v) is 5.93. The van der Waals surface area contributed by atoms with Crippen LogP contribution >= 0.6 is 0 Å². The maximum Gasteiger partial charge on any atom is 0.278 e. The van der Waals surface area contributed by atoms with Gasteiger partial charge in [0.2, 0.25) is 0 Å². The van der Waals surface area contributed by atoms with Crippen molar-refractivity contribution in [3.8, 4) is 0 Å². The van der Waals surface area contributed by atoms with Crippen LogP contribution in [0.25, 0.3) is 0 Å². The molecule has 0 aliphatic heterocycles. The normalized spacial score (nSPS) is 11.9. The summed E-state index contributed by atoms with van der Waals surface area (Å²) in [6, 6.07) is 0. The minimum atomic E-state index is -0.334. The molecule has 0 fully saturated rings. The number of likely N-dealkylation sites (N-methyl/N-ethyl adjacent to an activating group) is 1. The zero-order valence-corrected chi connectivity index (χ0v) is 13.1. The molecule has 0 aliphatic rings. The van der Waals surface area contributed by atoms with E-state index in [2.05, 4.69) is 29.0 Å². The molecule has 0 spiro atoms. The summed E-state index contributed by atoms with van der Waals surface area (Å²) in [6.45, 7) is 9.06. The molecule has 1 rings (SSSR count). The van der Waals surface area contributed by atoms with Crippen molar-refractivity contribution < 1.29 is 4.92 Å². The highest BCUT2D eigenvalue weighted by atomic mass is 16.6. The Hall–Kier alpha value is -1.53. The topological polar surface area (TPSA) is 71.3 Å². The standard InChI is InChI=1S/C14H24N4O2/c1-10-7-16-12(11(2)13(10)18(19)20)8-15-9-14(3,4)17(5)6/h7,15H,8-9H2,1-6H3. The number of aryl methyl sites for hydroxylation is 1. The van der Waals surface area contributed by atoms with Gasteiger partial charge in [-0.05, 0) is 41.8 Å². The fourth-order valence-electron chi connectivity index (χ4n) is 1.87. The first-order valence-electron chi connectivity index (χ1n) is 6.64. The first kappa shape index (κ1) is 16.5. The second kappa shape index (κ2) is 6.28. The van der Waals surface area contributed by atoms with Crippen molar-refractivity contribution in [2.45, 2.75) is 39.8 Å². The van der Waals surface area contributed by atoms with E-state index in [1.165, 1.54) is 0 Å². The molecular weight excluding hydrogens is 256 g/mol. The molecule has 1 aromatic rings. The van der Waals surface area contributed by atoms with Crippen molar-refractivity contribution >= 4 is 5.69 Å². The zero-order chi connectivity index (χ0) is 15.5. The lowest BCUT2D eigenvalue weighted by molar-refractivity contribution is -0.386. The van der Waals surface area contributed by atoms with Crippen LogP contribution in [0.15, 0.2) is 6.20 Å². The maximum atomic E-state index is 11.1. The number of aromatic nitrogens is 1. The molecule has 1 aromatic heterocycles. The van der Waals surface area contributed by atoms with Crippen molar-refractivity contribution in [2.75, 3.05) is 20.6 Å². The molecule has 0 bridgehead atoms. The van der Waals surface area contributed by atoms with E-state index in [4.69, 9.17) is 0 Å². The van der Waals surface area contributed by atoms with E-state index in [-0.39, 0.29) is 16.1 Å². The van der Waals surface area contributed by atoms with Crippen LogP contribution in [0.3, 0.4) is 0 Å². The minimum Gasteiger partial charge on any atom is -0.309 e. The lowest BCUT2D eigenvalue weighted by Gasteiger charge is -2.32. The van der Waals surface area contributed by atoms with Gasteiger partial charge in [0.1, 0.15) is 0 Å². The number of hydrogen-bond donors (Lipinski definition) is 1. The molecule has 112 valence electrons. The summed E-state index contributed by atoms with van der Waals surface area (Å²) in [5.74, 6) is 0. The van der Waals surface area contributed by atoms with Crippen molar-refractivity contribution in [3.63, 3.8) is 0 Å². The highest BCUT2D eigenvalue weighted by molar-refractivity contribution is 5.47. The first-order chi connectivity index (χ1) is 9.16. The van der Waals surface area contributed by atoms with Crippen molar-refractivity contribution in [1.82, 2.24) is 15.2 Å². The van der Waals surface area contributed by atoms with Crippen LogP contribution in [0.2, 0.25) is 0 Å². The van der Waals surface area contributed by atoms with Gasteiger partial charge in [-0.15, -0.1) is 0 Å². The number of nitro groups is 1. The Balaban J connectivity index is 2.80. The highest BCUT2D eigenvalue weighted by Gasteiger charge is 2.21. The fraction of sp³-hybridized carbons (Fsp3) is 0.643. The van der Waals surface area contributed by atoms with Gasteiger partial charge in [-0.1, -0.05) is 0 Å². The monoisotopic (exact) mass is 280 g/mol. The Bertz CT molecular complexity index is 498. The Morgan fingerprint density at radius 1 is 1.40 bits per heavy atom. The van der Waals surface area contributed by atoms with Gasteiger partial charge < -0.3 is 10.2 Å². The molecule has 6 nitrogen and oxygen atoms in total. The summed E-state index contributed by atoms with van der Waals surface area (Å²) in [5.41, 5.74) is 2.17. The zero-order valence-electron chi connectivity index (χ0n) is 13.1. The Morgan fingerprint density at radius 2 is 2.00 bits per heavy atom. The molecule has 1 N–H and O–H groups in total. The Labute approximate surface area is 120 Å². The predicted molar refractivity (Wildman–Crippen MR) is 79.8 cm³/mol. The average Bonchev–Trinajstić information content (AvgIpc) is 2.31. The molecule has 0 atom stereocenters. The van der Waals surface area contributed by atoms with Crippen molar-refractivity contribution in [1.29, 1.82) is 0 Å². The molecule has 20 heavy (non-hydrogen) atoms. The third kappa shape index (κ3) is 3.74. The third-order valence-electron chi connectivity index (χ3n) is 3.82. The average molecular weight is 280 g/mol. The smallest absolute Gasteiger partial charge is 0.278 e. The van der Waals surface area contributed by atoms with E-state index in [1.54, 1.807) is 20.0 Å². The van der Waals surface area contributed by atoms with Crippen molar-refractivity contribution in [3.05, 3.63) is 33.1 Å². The van der Waals surface area contributed by atoms with Gasteiger partial charge in [0.05, 0.1) is 10.6 Å². The Morgan fingerprint density at radius 3 is 2.50 bits per heavy atom. The van der Waals surface area contributed by atoms with Crippen LogP contribution in [0.1, 0.15) is 30.7 Å². The second-order valence-electron chi connectivity index (χ2n) is 5.93. The fourth-order valence-corrected chi connectivity index (χ4v) is 1.87. The molecule has 0 amide bonds. The lowest BCUT2D eigenvalue weighted by Crippen LogP contribution is -2.46. The van der Waals surface area contributed by atoms with Gasteiger partial charge in [0.25, 0.3) is 5.69 Å². The first-order valence-corrected chi connectivity index (χ1v) is 6.64. The quantitative estimate of drug-likeness (QED) is 0.637. The summed E-state index contributed by atoms with van der Waals surface area (Å²) in [4.78, 5) is 17.2. The van der Waals surface area contributed by atoms with Crippen LogP contribution in [0.4, 0.5) is 5.69 Å². The summed E-state index contributed by atoms with van der Waals surface area (Å²) < 4.78 is 0. The predicted octanol–water partition coefficient (Wildman–Crippen LogP) is 2.04. The van der Waals surface area contributed by atoms with Crippen LogP contribution < -0.4 is 5.32 Å². The number of nitrogens with one attached hydrogen (secondary N) is 1. The molecule has 0 saturated carbocycles. The van der Waals surface area contributed by atoms with Gasteiger partial charge in [-0.2, -0.15) is 0 Å². The van der Waals surface area contributed by atoms with Crippen LogP contribution in [-0.2, 0) is 6.54 Å². The summed E-state index contributed by atoms with van der Waals surface area (Å²) in [6.07, 6.45) is 1.57. The van der Waals surface area contributed by atoms with E-state index >= 15 is 0 Å². The highest BCUT2D eigenvalue weighted by Crippen LogP contribution is 2.23. The minimum absolute atomic E-state index is 0.0184. The largest absolute Gasteiger partial charge is 0.309 e. The van der Waals surface area contributed by atoms with Crippen molar-refractivity contribution in [2.24, 2.45) is 0 Å². The van der Waals surface area contributed by atoms with Gasteiger partial charge in [-0.3, -0.25) is 15.1 Å². The lowest BCUT2D eigenvalue weighted by atomic mass is 10.0. The van der Waals surface area contributed by atoms with Crippen LogP contribution in [0.5, 0.6) is 0 Å². The molecular formula is C14H24N4O2. The molecule has 0 radical (unpaired) electrons. The number of rotatable bonds is 6. The Kier molecular flexibility index (Phi) is 5.19. The van der Waals surface area contributed by atoms with Gasteiger partial charge in [-0.25, -0.2) is 0 Å². The SMILES string of the molecule is Cc1cnc(CNCC(C)(C)N(C)C)c(C)c1[N+](=O)[O-]. The maximum absolute atomic E-state index is 11.1. The molecule has 0 unspecified atom stereocenters. The third-order valence-corrected chi connectivity index (χ3v) is 3.82. The molecule has 6 heteroatoms. The van der Waals surface area contributed by atoms with Gasteiger partial charge in [0, 0.05) is 36.0 Å². The van der Waals surface area contributed by atoms with Gasteiger partial charge >= 0.3 is 0 Å². The molecule has 0 saturated heterocycles.